The van der Waals surface area contributed by atoms with Crippen LogP contribution in [0.2, 0.25) is 0 Å². The first-order valence-electron chi connectivity index (χ1n) is 9.74. The van der Waals surface area contributed by atoms with Crippen molar-refractivity contribution in [1.82, 2.24) is 15.2 Å². The fraction of sp³-hybridized carbons (Fsp3) is 0.650. The standard InChI is InChI=1S/C20H31N3O3S/c1-14(2)11-23-12-16(19(25)21-9-10-27-3)18(24)17(13-23)20(26)22-15-7-5-4-6-8-15/h12-15H,4-11H2,1-3H3,(H,21,25)(H,22,26). The maximum Gasteiger partial charge on any atom is 0.256 e. The van der Waals surface area contributed by atoms with Gasteiger partial charge in [0.25, 0.3) is 11.8 Å². The average molecular weight is 394 g/mol. The van der Waals surface area contributed by atoms with E-state index < -0.39 is 11.3 Å². The van der Waals surface area contributed by atoms with Gasteiger partial charge in [-0.3, -0.25) is 14.4 Å². The number of thioether (sulfide) groups is 1. The number of rotatable bonds is 8. The van der Waals surface area contributed by atoms with Gasteiger partial charge in [-0.2, -0.15) is 11.8 Å². The molecule has 1 saturated carbocycles. The third-order valence-corrected chi connectivity index (χ3v) is 5.29. The fourth-order valence-corrected chi connectivity index (χ4v) is 3.66. The normalized spacial score (nSPS) is 15.0. The second kappa shape index (κ2) is 10.5. The molecular formula is C20H31N3O3S. The van der Waals surface area contributed by atoms with Gasteiger partial charge in [0.05, 0.1) is 0 Å². The number of carbonyl (C=O) groups excluding carboxylic acids is 2. The molecular weight excluding hydrogens is 362 g/mol. The molecule has 0 saturated heterocycles. The number of aromatic nitrogens is 1. The minimum Gasteiger partial charge on any atom is -0.352 e. The Morgan fingerprint density at radius 1 is 1.15 bits per heavy atom. The van der Waals surface area contributed by atoms with Crippen molar-refractivity contribution in [3.05, 3.63) is 33.7 Å². The average Bonchev–Trinajstić information content (AvgIpc) is 2.63. The number of hydrogen-bond acceptors (Lipinski definition) is 4. The van der Waals surface area contributed by atoms with Crippen LogP contribution in [0, 0.1) is 5.92 Å². The summed E-state index contributed by atoms with van der Waals surface area (Å²) in [6.07, 6.45) is 10.4. The molecule has 0 spiro atoms. The molecule has 0 bridgehead atoms. The number of amides is 2. The van der Waals surface area contributed by atoms with Crippen LogP contribution in [0.25, 0.3) is 0 Å². The summed E-state index contributed by atoms with van der Waals surface area (Å²) in [5, 5.41) is 5.75. The third-order valence-electron chi connectivity index (χ3n) is 4.68. The zero-order chi connectivity index (χ0) is 19.8. The maximum atomic E-state index is 12.8. The molecule has 2 N–H and O–H groups in total. The van der Waals surface area contributed by atoms with Gasteiger partial charge < -0.3 is 15.2 Å². The minimum atomic E-state index is -0.495. The van der Waals surface area contributed by atoms with E-state index in [2.05, 4.69) is 24.5 Å². The van der Waals surface area contributed by atoms with Crippen molar-refractivity contribution < 1.29 is 9.59 Å². The molecule has 1 fully saturated rings. The zero-order valence-corrected chi connectivity index (χ0v) is 17.4. The van der Waals surface area contributed by atoms with Gasteiger partial charge in [0, 0.05) is 37.3 Å². The van der Waals surface area contributed by atoms with Gasteiger partial charge in [-0.15, -0.1) is 0 Å². The van der Waals surface area contributed by atoms with Crippen molar-refractivity contribution in [1.29, 1.82) is 0 Å². The van der Waals surface area contributed by atoms with E-state index in [1.807, 2.05) is 6.26 Å². The van der Waals surface area contributed by atoms with Crippen LogP contribution in [-0.2, 0) is 6.54 Å². The Bertz CT molecular complexity index is 709. The van der Waals surface area contributed by atoms with E-state index in [1.54, 1.807) is 28.7 Å². The number of carbonyl (C=O) groups is 2. The number of nitrogens with one attached hydrogen (secondary N) is 2. The molecule has 1 heterocycles. The quantitative estimate of drug-likeness (QED) is 0.666. The monoisotopic (exact) mass is 393 g/mol. The molecule has 0 atom stereocenters. The molecule has 1 aliphatic rings. The van der Waals surface area contributed by atoms with Crippen molar-refractivity contribution in [2.75, 3.05) is 18.6 Å². The highest BCUT2D eigenvalue weighted by atomic mass is 32.2. The molecule has 27 heavy (non-hydrogen) atoms. The van der Waals surface area contributed by atoms with Gasteiger partial charge in [0.15, 0.2) is 0 Å². The fourth-order valence-electron chi connectivity index (χ4n) is 3.35. The van der Waals surface area contributed by atoms with Gasteiger partial charge in [0.1, 0.15) is 11.1 Å². The minimum absolute atomic E-state index is 0.0352. The molecule has 2 rings (SSSR count). The van der Waals surface area contributed by atoms with Crippen LogP contribution in [0.5, 0.6) is 0 Å². The summed E-state index contributed by atoms with van der Waals surface area (Å²) in [5.41, 5.74) is -0.406. The highest BCUT2D eigenvalue weighted by Crippen LogP contribution is 2.17. The molecule has 7 heteroatoms. The molecule has 0 aliphatic heterocycles. The molecule has 1 aromatic heterocycles. The van der Waals surface area contributed by atoms with Crippen LogP contribution in [0.1, 0.15) is 66.7 Å². The highest BCUT2D eigenvalue weighted by Gasteiger charge is 2.22. The lowest BCUT2D eigenvalue weighted by atomic mass is 9.95. The van der Waals surface area contributed by atoms with Crippen molar-refractivity contribution in [3.8, 4) is 0 Å². The molecule has 0 radical (unpaired) electrons. The molecule has 150 valence electrons. The molecule has 2 amide bonds. The van der Waals surface area contributed by atoms with Crippen LogP contribution >= 0.6 is 11.8 Å². The highest BCUT2D eigenvalue weighted by molar-refractivity contribution is 7.98. The first-order chi connectivity index (χ1) is 12.9. The molecule has 1 aliphatic carbocycles. The lowest BCUT2D eigenvalue weighted by molar-refractivity contribution is 0.0925. The molecule has 0 unspecified atom stereocenters. The first kappa shape index (κ1) is 21.5. The van der Waals surface area contributed by atoms with Crippen molar-refractivity contribution in [3.63, 3.8) is 0 Å². The van der Waals surface area contributed by atoms with Crippen LogP contribution in [0.15, 0.2) is 17.2 Å². The predicted octanol–water partition coefficient (Wildman–Crippen LogP) is 2.66. The zero-order valence-electron chi connectivity index (χ0n) is 16.5. The van der Waals surface area contributed by atoms with E-state index in [1.165, 1.54) is 6.42 Å². The van der Waals surface area contributed by atoms with E-state index in [9.17, 15) is 14.4 Å². The Balaban J connectivity index is 2.27. The summed E-state index contributed by atoms with van der Waals surface area (Å²) in [5.74, 6) is 0.310. The number of pyridine rings is 1. The molecule has 0 aromatic carbocycles. The van der Waals surface area contributed by atoms with E-state index in [0.717, 1.165) is 31.4 Å². The van der Waals surface area contributed by atoms with Gasteiger partial charge >= 0.3 is 0 Å². The Kier molecular flexibility index (Phi) is 8.41. The smallest absolute Gasteiger partial charge is 0.256 e. The second-order valence-corrected chi connectivity index (χ2v) is 8.55. The van der Waals surface area contributed by atoms with E-state index in [-0.39, 0.29) is 23.1 Å². The van der Waals surface area contributed by atoms with Crippen molar-refractivity contribution >= 4 is 23.6 Å². The number of hydrogen-bond donors (Lipinski definition) is 2. The Labute approximate surface area is 165 Å². The Morgan fingerprint density at radius 3 is 2.37 bits per heavy atom. The van der Waals surface area contributed by atoms with E-state index in [0.29, 0.717) is 19.0 Å². The summed E-state index contributed by atoms with van der Waals surface area (Å²) < 4.78 is 1.78. The second-order valence-electron chi connectivity index (χ2n) is 7.56. The lowest BCUT2D eigenvalue weighted by Gasteiger charge is -2.23. The first-order valence-corrected chi connectivity index (χ1v) is 11.1. The van der Waals surface area contributed by atoms with E-state index in [4.69, 9.17) is 0 Å². The largest absolute Gasteiger partial charge is 0.352 e. The summed E-state index contributed by atoms with van der Waals surface area (Å²) >= 11 is 1.62. The maximum absolute atomic E-state index is 12.8. The Hall–Kier alpha value is -1.76. The SMILES string of the molecule is CSCCNC(=O)c1cn(CC(C)C)cc(C(=O)NC2CCCCC2)c1=O. The topological polar surface area (TPSA) is 80.2 Å². The summed E-state index contributed by atoms with van der Waals surface area (Å²) in [7, 11) is 0. The van der Waals surface area contributed by atoms with Crippen LogP contribution in [0.3, 0.4) is 0 Å². The number of nitrogens with zero attached hydrogens (tertiary/aromatic N) is 1. The molecule has 1 aromatic rings. The van der Waals surface area contributed by atoms with Gasteiger partial charge in [0.2, 0.25) is 5.43 Å². The summed E-state index contributed by atoms with van der Waals surface area (Å²) in [4.78, 5) is 38.0. The van der Waals surface area contributed by atoms with Crippen LogP contribution < -0.4 is 16.1 Å². The van der Waals surface area contributed by atoms with Crippen LogP contribution in [-0.4, -0.2) is 41.0 Å². The van der Waals surface area contributed by atoms with E-state index >= 15 is 0 Å². The predicted molar refractivity (Wildman–Crippen MR) is 111 cm³/mol. The van der Waals surface area contributed by atoms with Crippen LogP contribution in [0.4, 0.5) is 0 Å². The third kappa shape index (κ3) is 6.41. The Morgan fingerprint density at radius 2 is 1.78 bits per heavy atom. The van der Waals surface area contributed by atoms with Crippen molar-refractivity contribution in [2.24, 2.45) is 5.92 Å². The molecule has 6 nitrogen and oxygen atoms in total. The van der Waals surface area contributed by atoms with Gasteiger partial charge in [-0.25, -0.2) is 0 Å². The van der Waals surface area contributed by atoms with Crippen molar-refractivity contribution in [2.45, 2.75) is 58.5 Å². The van der Waals surface area contributed by atoms with Gasteiger partial charge in [-0.1, -0.05) is 33.1 Å². The lowest BCUT2D eigenvalue weighted by Crippen LogP contribution is -2.40. The van der Waals surface area contributed by atoms with Gasteiger partial charge in [-0.05, 0) is 25.0 Å². The summed E-state index contributed by atoms with van der Waals surface area (Å²) in [6.45, 7) is 5.23. The summed E-state index contributed by atoms with van der Waals surface area (Å²) in [6, 6.07) is 0.114.